The van der Waals surface area contributed by atoms with Crippen LogP contribution in [-0.2, 0) is 18.0 Å². The minimum atomic E-state index is -0.200. The van der Waals surface area contributed by atoms with Gasteiger partial charge in [0.15, 0.2) is 0 Å². The molecular formula is C17H20N2O2. The molecule has 4 nitrogen and oxygen atoms in total. The van der Waals surface area contributed by atoms with E-state index in [1.807, 2.05) is 6.07 Å². The zero-order chi connectivity index (χ0) is 14.7. The number of benzene rings is 1. The lowest BCUT2D eigenvalue weighted by atomic mass is 9.97. The predicted molar refractivity (Wildman–Crippen MR) is 81.0 cm³/mol. The van der Waals surface area contributed by atoms with Gasteiger partial charge in [-0.05, 0) is 34.7 Å². The van der Waals surface area contributed by atoms with Gasteiger partial charge in [0.05, 0.1) is 32.1 Å². The number of fused-ring (bicyclic) bond motifs is 1. The summed E-state index contributed by atoms with van der Waals surface area (Å²) in [5.74, 6) is 0.772. The topological polar surface area (TPSA) is 57.4 Å². The van der Waals surface area contributed by atoms with E-state index in [9.17, 15) is 0 Å². The van der Waals surface area contributed by atoms with Gasteiger partial charge >= 0.3 is 0 Å². The van der Waals surface area contributed by atoms with Gasteiger partial charge in [-0.3, -0.25) is 4.98 Å². The van der Waals surface area contributed by atoms with Crippen LogP contribution < -0.4 is 10.5 Å². The molecule has 1 atom stereocenters. The molecule has 1 aliphatic heterocycles. The lowest BCUT2D eigenvalue weighted by molar-refractivity contribution is 0.134. The summed E-state index contributed by atoms with van der Waals surface area (Å²) in [7, 11) is 0. The van der Waals surface area contributed by atoms with E-state index in [0.717, 1.165) is 23.3 Å². The summed E-state index contributed by atoms with van der Waals surface area (Å²) in [6, 6.07) is 8.07. The molecule has 0 amide bonds. The molecule has 1 aromatic heterocycles. The fourth-order valence-electron chi connectivity index (χ4n) is 2.48. The van der Waals surface area contributed by atoms with Gasteiger partial charge in [-0.1, -0.05) is 25.1 Å². The SMILES string of the molecule is CCCOc1cncc(C(N)c2ccc3c(c2)COC3)c1. The Bertz CT molecular complexity index is 628. The number of ether oxygens (including phenoxy) is 2. The van der Waals surface area contributed by atoms with Crippen LogP contribution in [0.25, 0.3) is 0 Å². The minimum Gasteiger partial charge on any atom is -0.492 e. The van der Waals surface area contributed by atoms with E-state index in [2.05, 4.69) is 30.1 Å². The van der Waals surface area contributed by atoms with Crippen LogP contribution in [0.15, 0.2) is 36.7 Å². The average molecular weight is 284 g/mol. The molecule has 2 N–H and O–H groups in total. The van der Waals surface area contributed by atoms with E-state index in [1.165, 1.54) is 11.1 Å². The Labute approximate surface area is 124 Å². The highest BCUT2D eigenvalue weighted by molar-refractivity contribution is 5.39. The first-order valence-corrected chi connectivity index (χ1v) is 7.30. The fourth-order valence-corrected chi connectivity index (χ4v) is 2.48. The molecule has 0 aliphatic carbocycles. The first-order chi connectivity index (χ1) is 10.3. The Hall–Kier alpha value is -1.91. The molecule has 1 aromatic carbocycles. The molecule has 21 heavy (non-hydrogen) atoms. The van der Waals surface area contributed by atoms with Gasteiger partial charge in [-0.15, -0.1) is 0 Å². The van der Waals surface area contributed by atoms with Crippen molar-refractivity contribution < 1.29 is 9.47 Å². The van der Waals surface area contributed by atoms with Crippen molar-refractivity contribution in [2.24, 2.45) is 5.73 Å². The van der Waals surface area contributed by atoms with Gasteiger partial charge in [-0.25, -0.2) is 0 Å². The van der Waals surface area contributed by atoms with Gasteiger partial charge in [0.2, 0.25) is 0 Å². The van der Waals surface area contributed by atoms with Crippen LogP contribution in [0.5, 0.6) is 5.75 Å². The van der Waals surface area contributed by atoms with Gasteiger partial charge in [0, 0.05) is 6.20 Å². The van der Waals surface area contributed by atoms with Gasteiger partial charge in [0.25, 0.3) is 0 Å². The van der Waals surface area contributed by atoms with Crippen LogP contribution in [0.1, 0.15) is 41.6 Å². The van der Waals surface area contributed by atoms with Crippen molar-refractivity contribution in [3.63, 3.8) is 0 Å². The van der Waals surface area contributed by atoms with E-state index in [-0.39, 0.29) is 6.04 Å². The molecule has 1 aliphatic rings. The first kappa shape index (κ1) is 14.0. The summed E-state index contributed by atoms with van der Waals surface area (Å²) in [6.45, 7) is 4.15. The van der Waals surface area contributed by atoms with Crippen LogP contribution in [0, 0.1) is 0 Å². The maximum atomic E-state index is 6.37. The lowest BCUT2D eigenvalue weighted by Gasteiger charge is -2.14. The molecule has 0 spiro atoms. The Kier molecular flexibility index (Phi) is 4.18. The number of nitrogens with zero attached hydrogens (tertiary/aromatic N) is 1. The number of hydrogen-bond donors (Lipinski definition) is 1. The highest BCUT2D eigenvalue weighted by atomic mass is 16.5. The number of hydrogen-bond acceptors (Lipinski definition) is 4. The molecule has 110 valence electrons. The molecule has 3 rings (SSSR count). The zero-order valence-corrected chi connectivity index (χ0v) is 12.2. The number of rotatable bonds is 5. The van der Waals surface area contributed by atoms with Gasteiger partial charge in [0.1, 0.15) is 5.75 Å². The lowest BCUT2D eigenvalue weighted by Crippen LogP contribution is -2.13. The molecule has 0 bridgehead atoms. The fraction of sp³-hybridized carbons (Fsp3) is 0.353. The first-order valence-electron chi connectivity index (χ1n) is 7.30. The monoisotopic (exact) mass is 284 g/mol. The van der Waals surface area contributed by atoms with Crippen molar-refractivity contribution >= 4 is 0 Å². The van der Waals surface area contributed by atoms with Gasteiger partial charge in [-0.2, -0.15) is 0 Å². The van der Waals surface area contributed by atoms with Crippen LogP contribution in [0.2, 0.25) is 0 Å². The second kappa shape index (κ2) is 6.24. The van der Waals surface area contributed by atoms with Crippen molar-refractivity contribution in [1.82, 2.24) is 4.98 Å². The van der Waals surface area contributed by atoms with Crippen molar-refractivity contribution in [2.45, 2.75) is 32.6 Å². The number of pyridine rings is 1. The Balaban J connectivity index is 1.82. The predicted octanol–water partition coefficient (Wildman–Crippen LogP) is 2.95. The molecular weight excluding hydrogens is 264 g/mol. The Morgan fingerprint density at radius 3 is 2.90 bits per heavy atom. The normalized spacial score (nSPS) is 14.8. The molecule has 0 saturated heterocycles. The third kappa shape index (κ3) is 3.06. The highest BCUT2D eigenvalue weighted by Gasteiger charge is 2.16. The van der Waals surface area contributed by atoms with Crippen LogP contribution in [-0.4, -0.2) is 11.6 Å². The van der Waals surface area contributed by atoms with Crippen LogP contribution in [0.3, 0.4) is 0 Å². The Morgan fingerprint density at radius 2 is 2.05 bits per heavy atom. The average Bonchev–Trinajstić information content (AvgIpc) is 3.00. The molecule has 2 heterocycles. The van der Waals surface area contributed by atoms with E-state index in [1.54, 1.807) is 12.4 Å². The van der Waals surface area contributed by atoms with Crippen molar-refractivity contribution in [2.75, 3.05) is 6.61 Å². The summed E-state index contributed by atoms with van der Waals surface area (Å²) in [6.07, 6.45) is 4.50. The van der Waals surface area contributed by atoms with Crippen molar-refractivity contribution in [3.8, 4) is 5.75 Å². The molecule has 0 saturated carbocycles. The second-order valence-electron chi connectivity index (χ2n) is 5.30. The number of aromatic nitrogens is 1. The van der Waals surface area contributed by atoms with E-state index in [4.69, 9.17) is 15.2 Å². The molecule has 0 fully saturated rings. The third-order valence-corrected chi connectivity index (χ3v) is 3.67. The maximum Gasteiger partial charge on any atom is 0.137 e. The summed E-state index contributed by atoms with van der Waals surface area (Å²) in [5.41, 5.74) is 10.9. The van der Waals surface area contributed by atoms with E-state index < -0.39 is 0 Å². The zero-order valence-electron chi connectivity index (χ0n) is 12.2. The van der Waals surface area contributed by atoms with Crippen molar-refractivity contribution in [3.05, 3.63) is 58.9 Å². The molecule has 1 unspecified atom stereocenters. The third-order valence-electron chi connectivity index (χ3n) is 3.67. The summed E-state index contributed by atoms with van der Waals surface area (Å²) < 4.78 is 11.1. The van der Waals surface area contributed by atoms with Crippen LogP contribution >= 0.6 is 0 Å². The smallest absolute Gasteiger partial charge is 0.137 e. The van der Waals surface area contributed by atoms with E-state index in [0.29, 0.717) is 19.8 Å². The maximum absolute atomic E-state index is 6.37. The summed E-state index contributed by atoms with van der Waals surface area (Å²) in [5, 5.41) is 0. The molecule has 0 radical (unpaired) electrons. The summed E-state index contributed by atoms with van der Waals surface area (Å²) >= 11 is 0. The standard InChI is InChI=1S/C17H20N2O2/c1-2-5-21-16-7-14(8-19-9-16)17(18)12-3-4-13-10-20-11-15(13)6-12/h3-4,6-9,17H,2,5,10-11,18H2,1H3. The highest BCUT2D eigenvalue weighted by Crippen LogP contribution is 2.27. The molecule has 4 heteroatoms. The molecule has 2 aromatic rings. The van der Waals surface area contributed by atoms with Crippen molar-refractivity contribution in [1.29, 1.82) is 0 Å². The Morgan fingerprint density at radius 1 is 1.19 bits per heavy atom. The number of nitrogens with two attached hydrogens (primary N) is 1. The minimum absolute atomic E-state index is 0.200. The van der Waals surface area contributed by atoms with E-state index >= 15 is 0 Å². The quantitative estimate of drug-likeness (QED) is 0.917. The second-order valence-corrected chi connectivity index (χ2v) is 5.30. The van der Waals surface area contributed by atoms with Crippen LogP contribution in [0.4, 0.5) is 0 Å². The summed E-state index contributed by atoms with van der Waals surface area (Å²) in [4.78, 5) is 4.23. The largest absolute Gasteiger partial charge is 0.492 e. The van der Waals surface area contributed by atoms with Gasteiger partial charge < -0.3 is 15.2 Å².